The van der Waals surface area contributed by atoms with Crippen LogP contribution in [0.2, 0.25) is 10.0 Å². The highest BCUT2D eigenvalue weighted by atomic mass is 35.5. The molecule has 5 nitrogen and oxygen atoms in total. The Bertz CT molecular complexity index is 1020. The van der Waals surface area contributed by atoms with Crippen LogP contribution in [-0.4, -0.2) is 29.7 Å². The van der Waals surface area contributed by atoms with Crippen molar-refractivity contribution in [2.75, 3.05) is 13.2 Å². The van der Waals surface area contributed by atoms with Crippen LogP contribution in [-0.2, 0) is 9.47 Å². The number of ether oxygens (including phenoxy) is 2. The molecule has 1 heterocycles. The number of aromatic nitrogens is 1. The maximum atomic E-state index is 12.8. The van der Waals surface area contributed by atoms with Crippen molar-refractivity contribution in [2.45, 2.75) is 13.8 Å². The molecule has 0 saturated heterocycles. The van der Waals surface area contributed by atoms with E-state index in [-0.39, 0.29) is 24.3 Å². The van der Waals surface area contributed by atoms with Gasteiger partial charge in [-0.15, -0.1) is 0 Å². The number of hydrogen-bond donors (Lipinski definition) is 0. The molecule has 0 atom stereocenters. The van der Waals surface area contributed by atoms with E-state index < -0.39 is 11.9 Å². The minimum absolute atomic E-state index is 0.130. The van der Waals surface area contributed by atoms with Gasteiger partial charge in [0.25, 0.3) is 0 Å². The Kier molecular flexibility index (Phi) is 6.62. The number of carbonyl (C=O) groups excluding carboxylic acids is 2. The van der Waals surface area contributed by atoms with Gasteiger partial charge in [-0.2, -0.15) is 0 Å². The molecule has 0 radical (unpaired) electrons. The molecule has 29 heavy (non-hydrogen) atoms. The van der Waals surface area contributed by atoms with Crippen molar-refractivity contribution < 1.29 is 19.1 Å². The highest BCUT2D eigenvalue weighted by molar-refractivity contribution is 6.31. The first-order valence-electron chi connectivity index (χ1n) is 9.07. The fraction of sp³-hybridized carbons (Fsp3) is 0.182. The second-order valence-corrected chi connectivity index (χ2v) is 6.93. The predicted molar refractivity (Wildman–Crippen MR) is 113 cm³/mol. The van der Waals surface area contributed by atoms with Crippen LogP contribution in [0, 0.1) is 0 Å². The number of hydrogen-bond acceptors (Lipinski definition) is 4. The number of rotatable bonds is 6. The Labute approximate surface area is 178 Å². The van der Waals surface area contributed by atoms with Crippen LogP contribution < -0.4 is 0 Å². The van der Waals surface area contributed by atoms with Gasteiger partial charge in [-0.05, 0) is 55.8 Å². The topological polar surface area (TPSA) is 57.5 Å². The molecule has 0 fully saturated rings. The lowest BCUT2D eigenvalue weighted by Crippen LogP contribution is -2.13. The van der Waals surface area contributed by atoms with Crippen LogP contribution in [0.1, 0.15) is 34.6 Å². The number of esters is 2. The van der Waals surface area contributed by atoms with Gasteiger partial charge in [0.2, 0.25) is 0 Å². The smallest absolute Gasteiger partial charge is 0.341 e. The molecule has 7 heteroatoms. The molecule has 0 spiro atoms. The molecular weight excluding hydrogens is 413 g/mol. The van der Waals surface area contributed by atoms with Crippen molar-refractivity contribution in [1.82, 2.24) is 4.57 Å². The third kappa shape index (κ3) is 4.47. The SMILES string of the molecule is CCOC(=O)c1cn(-c2ccc(Cl)cc2)c(-c2ccc(Cl)cc2)c1C(=O)OCC. The lowest BCUT2D eigenvalue weighted by Gasteiger charge is -2.12. The van der Waals surface area contributed by atoms with Gasteiger partial charge in [-0.3, -0.25) is 0 Å². The van der Waals surface area contributed by atoms with Crippen LogP contribution in [0.3, 0.4) is 0 Å². The van der Waals surface area contributed by atoms with Crippen LogP contribution in [0.25, 0.3) is 16.9 Å². The number of nitrogens with zero attached hydrogens (tertiary/aromatic N) is 1. The van der Waals surface area contributed by atoms with Crippen molar-refractivity contribution >= 4 is 35.1 Å². The van der Waals surface area contributed by atoms with Gasteiger partial charge in [0.1, 0.15) is 5.56 Å². The van der Waals surface area contributed by atoms with E-state index in [1.165, 1.54) is 0 Å². The summed E-state index contributed by atoms with van der Waals surface area (Å²) >= 11 is 12.1. The highest BCUT2D eigenvalue weighted by Crippen LogP contribution is 2.33. The minimum atomic E-state index is -0.604. The summed E-state index contributed by atoms with van der Waals surface area (Å²) in [7, 11) is 0. The van der Waals surface area contributed by atoms with Crippen LogP contribution >= 0.6 is 23.2 Å². The molecule has 0 bridgehead atoms. The zero-order valence-electron chi connectivity index (χ0n) is 15.9. The third-order valence-corrected chi connectivity index (χ3v) is 4.71. The van der Waals surface area contributed by atoms with E-state index in [0.29, 0.717) is 21.3 Å². The van der Waals surface area contributed by atoms with Crippen LogP contribution in [0.5, 0.6) is 0 Å². The molecule has 0 unspecified atom stereocenters. The molecular formula is C22H19Cl2NO4. The number of halogens is 2. The second kappa shape index (κ2) is 9.16. The largest absolute Gasteiger partial charge is 0.462 e. The Balaban J connectivity index is 2.32. The Morgan fingerprint density at radius 2 is 1.34 bits per heavy atom. The molecule has 0 N–H and O–H groups in total. The molecule has 3 rings (SSSR count). The average molecular weight is 432 g/mol. The van der Waals surface area contributed by atoms with Crippen LogP contribution in [0.4, 0.5) is 0 Å². The van der Waals surface area contributed by atoms with Crippen molar-refractivity contribution in [1.29, 1.82) is 0 Å². The summed E-state index contributed by atoms with van der Waals surface area (Å²) < 4.78 is 12.2. The lowest BCUT2D eigenvalue weighted by molar-refractivity contribution is 0.0481. The number of carbonyl (C=O) groups is 2. The summed E-state index contributed by atoms with van der Waals surface area (Å²) in [4.78, 5) is 25.5. The van der Waals surface area contributed by atoms with Crippen molar-refractivity contribution in [3.8, 4) is 16.9 Å². The van der Waals surface area contributed by atoms with Crippen molar-refractivity contribution in [3.05, 3.63) is 75.9 Å². The highest BCUT2D eigenvalue weighted by Gasteiger charge is 2.29. The summed E-state index contributed by atoms with van der Waals surface area (Å²) in [5.41, 5.74) is 2.20. The Morgan fingerprint density at radius 3 is 1.90 bits per heavy atom. The maximum absolute atomic E-state index is 12.8. The molecule has 0 aliphatic heterocycles. The molecule has 1 aromatic heterocycles. The van der Waals surface area contributed by atoms with E-state index in [9.17, 15) is 9.59 Å². The van der Waals surface area contributed by atoms with E-state index in [1.807, 2.05) is 0 Å². The van der Waals surface area contributed by atoms with Gasteiger partial charge in [0.05, 0.1) is 24.5 Å². The van der Waals surface area contributed by atoms with Crippen molar-refractivity contribution in [3.63, 3.8) is 0 Å². The average Bonchev–Trinajstić information content (AvgIpc) is 3.10. The van der Waals surface area contributed by atoms with Gasteiger partial charge in [0, 0.05) is 21.9 Å². The summed E-state index contributed by atoms with van der Waals surface area (Å²) in [6.07, 6.45) is 1.58. The van der Waals surface area contributed by atoms with Crippen molar-refractivity contribution in [2.24, 2.45) is 0 Å². The van der Waals surface area contributed by atoms with E-state index >= 15 is 0 Å². The van der Waals surface area contributed by atoms with E-state index in [4.69, 9.17) is 32.7 Å². The van der Waals surface area contributed by atoms with Gasteiger partial charge in [0.15, 0.2) is 0 Å². The Morgan fingerprint density at radius 1 is 0.828 bits per heavy atom. The zero-order valence-corrected chi connectivity index (χ0v) is 17.5. The lowest BCUT2D eigenvalue weighted by atomic mass is 10.0. The summed E-state index contributed by atoms with van der Waals surface area (Å²) in [6.45, 7) is 3.77. The first-order chi connectivity index (χ1) is 14.0. The summed E-state index contributed by atoms with van der Waals surface area (Å²) in [6, 6.07) is 14.1. The van der Waals surface area contributed by atoms with Gasteiger partial charge < -0.3 is 14.0 Å². The maximum Gasteiger partial charge on any atom is 0.341 e. The summed E-state index contributed by atoms with van der Waals surface area (Å²) in [5, 5.41) is 1.13. The molecule has 0 aliphatic rings. The molecule has 0 amide bonds. The van der Waals surface area contributed by atoms with E-state index in [2.05, 4.69) is 0 Å². The normalized spacial score (nSPS) is 10.6. The summed E-state index contributed by atoms with van der Waals surface area (Å²) in [5.74, 6) is -1.20. The fourth-order valence-corrected chi connectivity index (χ4v) is 3.23. The Hall–Kier alpha value is -2.76. The minimum Gasteiger partial charge on any atom is -0.462 e. The monoisotopic (exact) mass is 431 g/mol. The molecule has 150 valence electrons. The molecule has 0 saturated carbocycles. The molecule has 3 aromatic rings. The van der Waals surface area contributed by atoms with E-state index in [1.54, 1.807) is 73.1 Å². The second-order valence-electron chi connectivity index (χ2n) is 6.06. The van der Waals surface area contributed by atoms with Gasteiger partial charge in [-0.1, -0.05) is 35.3 Å². The van der Waals surface area contributed by atoms with E-state index in [0.717, 1.165) is 5.69 Å². The predicted octanol–water partition coefficient (Wildman–Crippen LogP) is 5.80. The zero-order chi connectivity index (χ0) is 21.0. The standard InChI is InChI=1S/C22H19Cl2NO4/c1-3-28-21(26)18-13-25(17-11-9-16(24)10-12-17)20(19(18)22(27)29-4-2)14-5-7-15(23)8-6-14/h5-13H,3-4H2,1-2H3. The first-order valence-corrected chi connectivity index (χ1v) is 9.83. The van der Waals surface area contributed by atoms with Crippen LogP contribution in [0.15, 0.2) is 54.7 Å². The number of benzene rings is 2. The van der Waals surface area contributed by atoms with Gasteiger partial charge in [-0.25, -0.2) is 9.59 Å². The van der Waals surface area contributed by atoms with Gasteiger partial charge >= 0.3 is 11.9 Å². The quantitative estimate of drug-likeness (QED) is 0.462. The third-order valence-electron chi connectivity index (χ3n) is 4.20. The molecule has 2 aromatic carbocycles. The fourth-order valence-electron chi connectivity index (χ4n) is 2.98. The molecule has 0 aliphatic carbocycles. The first kappa shape index (κ1) is 21.0.